The van der Waals surface area contributed by atoms with Crippen LogP contribution < -0.4 is 0 Å². The van der Waals surface area contributed by atoms with Gasteiger partial charge < -0.3 is 10.0 Å². The Morgan fingerprint density at radius 1 is 1.52 bits per heavy atom. The number of halogens is 1. The summed E-state index contributed by atoms with van der Waals surface area (Å²) in [6.45, 7) is 4.00. The maximum Gasteiger partial charge on any atom is 0.228 e. The third-order valence-corrected chi connectivity index (χ3v) is 4.53. The number of aliphatic hydroxyl groups is 1. The van der Waals surface area contributed by atoms with Crippen molar-refractivity contribution in [2.75, 3.05) is 20.2 Å². The molecule has 2 aromatic rings. The molecule has 114 valence electrons. The molecule has 0 spiro atoms. The highest BCUT2D eigenvalue weighted by atomic mass is 35.5. The topological polar surface area (TPSA) is 71.2 Å². The fourth-order valence-electron chi connectivity index (χ4n) is 1.85. The fourth-order valence-corrected chi connectivity index (χ4v) is 2.79. The van der Waals surface area contributed by atoms with Crippen LogP contribution in [-0.2, 0) is 11.2 Å². The molecule has 0 saturated heterocycles. The van der Waals surface area contributed by atoms with Crippen LogP contribution in [0.15, 0.2) is 5.38 Å². The van der Waals surface area contributed by atoms with E-state index >= 15 is 0 Å². The summed E-state index contributed by atoms with van der Waals surface area (Å²) in [5.41, 5.74) is 2.27. The van der Waals surface area contributed by atoms with Gasteiger partial charge in [-0.15, -0.1) is 11.3 Å². The smallest absolute Gasteiger partial charge is 0.228 e. The molecule has 0 saturated carbocycles. The Kier molecular flexibility index (Phi) is 4.97. The monoisotopic (exact) mass is 328 g/mol. The number of aryl methyl sites for hydroxylation is 1. The number of nitrogens with zero attached hydrogens (tertiary/aromatic N) is 4. The van der Waals surface area contributed by atoms with Crippen LogP contribution in [0.1, 0.15) is 17.1 Å². The van der Waals surface area contributed by atoms with Crippen molar-refractivity contribution in [3.63, 3.8) is 0 Å². The van der Waals surface area contributed by atoms with Gasteiger partial charge in [0, 0.05) is 19.0 Å². The van der Waals surface area contributed by atoms with E-state index < -0.39 is 0 Å². The minimum Gasteiger partial charge on any atom is -0.395 e. The number of aromatic nitrogens is 3. The van der Waals surface area contributed by atoms with Crippen LogP contribution in [0.5, 0.6) is 0 Å². The van der Waals surface area contributed by atoms with Gasteiger partial charge in [-0.3, -0.25) is 4.79 Å². The maximum atomic E-state index is 11.9. The summed E-state index contributed by atoms with van der Waals surface area (Å²) in [6.07, 6.45) is 0.208. The van der Waals surface area contributed by atoms with Crippen LogP contribution in [0, 0.1) is 13.8 Å². The van der Waals surface area contributed by atoms with Gasteiger partial charge in [-0.05, 0) is 13.8 Å². The highest BCUT2D eigenvalue weighted by Gasteiger charge is 2.16. The first-order valence-corrected chi connectivity index (χ1v) is 7.71. The second-order valence-electron chi connectivity index (χ2n) is 4.73. The molecule has 0 aromatic carbocycles. The molecule has 8 heteroatoms. The van der Waals surface area contributed by atoms with Crippen molar-refractivity contribution in [3.05, 3.63) is 27.5 Å². The number of likely N-dealkylation sites (N-methyl/N-ethyl adjacent to an activating group) is 1. The molecular formula is C13H17ClN4O2S. The summed E-state index contributed by atoms with van der Waals surface area (Å²) in [6, 6.07) is 0. The first-order chi connectivity index (χ1) is 9.93. The molecule has 1 N–H and O–H groups in total. The van der Waals surface area contributed by atoms with Gasteiger partial charge in [0.05, 0.1) is 35.1 Å². The Labute approximate surface area is 132 Å². The number of thiazole rings is 1. The summed E-state index contributed by atoms with van der Waals surface area (Å²) in [5.74, 6) is -0.0766. The third kappa shape index (κ3) is 3.42. The number of amides is 1. The molecule has 0 atom stereocenters. The molecular weight excluding hydrogens is 312 g/mol. The Balaban J connectivity index is 2.15. The second kappa shape index (κ2) is 6.55. The minimum absolute atomic E-state index is 0.0468. The van der Waals surface area contributed by atoms with Crippen molar-refractivity contribution in [3.8, 4) is 5.13 Å². The summed E-state index contributed by atoms with van der Waals surface area (Å²) >= 11 is 7.54. The number of carbonyl (C=O) groups excluding carboxylic acids is 1. The summed E-state index contributed by atoms with van der Waals surface area (Å²) in [7, 11) is 1.66. The average molecular weight is 329 g/mol. The highest BCUT2D eigenvalue weighted by Crippen LogP contribution is 2.24. The van der Waals surface area contributed by atoms with Crippen molar-refractivity contribution in [1.29, 1.82) is 0 Å². The van der Waals surface area contributed by atoms with E-state index in [-0.39, 0.29) is 18.9 Å². The van der Waals surface area contributed by atoms with Crippen LogP contribution in [0.25, 0.3) is 5.13 Å². The van der Waals surface area contributed by atoms with Gasteiger partial charge in [0.1, 0.15) is 0 Å². The van der Waals surface area contributed by atoms with Crippen molar-refractivity contribution in [1.82, 2.24) is 19.7 Å². The Bertz CT molecular complexity index is 653. The summed E-state index contributed by atoms with van der Waals surface area (Å²) < 4.78 is 1.69. The number of rotatable bonds is 5. The zero-order valence-electron chi connectivity index (χ0n) is 12.1. The van der Waals surface area contributed by atoms with Crippen molar-refractivity contribution >= 4 is 28.8 Å². The fraction of sp³-hybridized carbons (Fsp3) is 0.462. The molecule has 21 heavy (non-hydrogen) atoms. The van der Waals surface area contributed by atoms with Crippen LogP contribution in [0.4, 0.5) is 0 Å². The van der Waals surface area contributed by atoms with E-state index in [1.165, 1.54) is 16.2 Å². The van der Waals surface area contributed by atoms with Gasteiger partial charge in [-0.1, -0.05) is 11.6 Å². The molecule has 0 bridgehead atoms. The predicted molar refractivity (Wildman–Crippen MR) is 82.1 cm³/mol. The van der Waals surface area contributed by atoms with E-state index in [2.05, 4.69) is 10.1 Å². The van der Waals surface area contributed by atoms with E-state index in [9.17, 15) is 4.79 Å². The number of carbonyl (C=O) groups is 1. The molecule has 0 unspecified atom stereocenters. The van der Waals surface area contributed by atoms with E-state index in [0.29, 0.717) is 22.4 Å². The normalized spacial score (nSPS) is 10.9. The molecule has 2 heterocycles. The average Bonchev–Trinajstić information content (AvgIpc) is 2.99. The number of hydrogen-bond acceptors (Lipinski definition) is 5. The van der Waals surface area contributed by atoms with E-state index in [0.717, 1.165) is 11.4 Å². The summed E-state index contributed by atoms with van der Waals surface area (Å²) in [4.78, 5) is 17.8. The van der Waals surface area contributed by atoms with Crippen molar-refractivity contribution < 1.29 is 9.90 Å². The molecule has 2 rings (SSSR count). The first-order valence-electron chi connectivity index (χ1n) is 6.45. The lowest BCUT2D eigenvalue weighted by Gasteiger charge is -2.14. The Morgan fingerprint density at radius 3 is 2.81 bits per heavy atom. The Hall–Kier alpha value is -1.44. The first kappa shape index (κ1) is 15.9. The molecule has 0 aliphatic heterocycles. The summed E-state index contributed by atoms with van der Waals surface area (Å²) in [5, 5.41) is 16.3. The van der Waals surface area contributed by atoms with Gasteiger partial charge in [-0.2, -0.15) is 5.10 Å². The molecule has 0 fully saturated rings. The lowest BCUT2D eigenvalue weighted by molar-refractivity contribution is -0.129. The standard InChI is InChI=1S/C13H17ClN4O2S/c1-8-12(14)9(2)18(16-8)13-15-10(7-21-13)6-11(20)17(3)4-5-19/h7,19H,4-6H2,1-3H3. The molecule has 6 nitrogen and oxygen atoms in total. The maximum absolute atomic E-state index is 11.9. The van der Waals surface area contributed by atoms with Crippen LogP contribution in [-0.4, -0.2) is 50.9 Å². The van der Waals surface area contributed by atoms with Gasteiger partial charge >= 0.3 is 0 Å². The van der Waals surface area contributed by atoms with Crippen LogP contribution in [0.2, 0.25) is 5.02 Å². The zero-order chi connectivity index (χ0) is 15.6. The van der Waals surface area contributed by atoms with E-state index in [4.69, 9.17) is 16.7 Å². The lowest BCUT2D eigenvalue weighted by atomic mass is 10.3. The number of aliphatic hydroxyl groups excluding tert-OH is 1. The SMILES string of the molecule is Cc1nn(-c2nc(CC(=O)N(C)CCO)cs2)c(C)c1Cl. The lowest BCUT2D eigenvalue weighted by Crippen LogP contribution is -2.30. The highest BCUT2D eigenvalue weighted by molar-refractivity contribution is 7.12. The van der Waals surface area contributed by atoms with Crippen LogP contribution >= 0.6 is 22.9 Å². The van der Waals surface area contributed by atoms with E-state index in [1.54, 1.807) is 11.7 Å². The van der Waals surface area contributed by atoms with Crippen LogP contribution in [0.3, 0.4) is 0 Å². The molecule has 0 radical (unpaired) electrons. The predicted octanol–water partition coefficient (Wildman–Crippen LogP) is 1.59. The minimum atomic E-state index is -0.0766. The number of hydrogen-bond donors (Lipinski definition) is 1. The molecule has 2 aromatic heterocycles. The van der Waals surface area contributed by atoms with E-state index in [1.807, 2.05) is 19.2 Å². The van der Waals surface area contributed by atoms with Gasteiger partial charge in [0.25, 0.3) is 0 Å². The van der Waals surface area contributed by atoms with Crippen molar-refractivity contribution in [2.45, 2.75) is 20.3 Å². The van der Waals surface area contributed by atoms with Gasteiger partial charge in [-0.25, -0.2) is 9.67 Å². The van der Waals surface area contributed by atoms with Gasteiger partial charge in [0.15, 0.2) is 0 Å². The molecule has 1 amide bonds. The van der Waals surface area contributed by atoms with Crippen molar-refractivity contribution in [2.24, 2.45) is 0 Å². The molecule has 0 aliphatic carbocycles. The quantitative estimate of drug-likeness (QED) is 0.904. The second-order valence-corrected chi connectivity index (χ2v) is 5.95. The largest absolute Gasteiger partial charge is 0.395 e. The zero-order valence-corrected chi connectivity index (χ0v) is 13.7. The third-order valence-electron chi connectivity index (χ3n) is 3.12. The molecule has 0 aliphatic rings. The Morgan fingerprint density at radius 2 is 2.24 bits per heavy atom. The van der Waals surface area contributed by atoms with Gasteiger partial charge in [0.2, 0.25) is 11.0 Å².